The molecular weight excluding hydrogens is 316 g/mol. The highest BCUT2D eigenvalue weighted by atomic mass is 15.1. The molecule has 4 aromatic carbocycles. The highest BCUT2D eigenvalue weighted by Gasteiger charge is 2.16. The molecule has 2 aliphatic rings. The van der Waals surface area contributed by atoms with Crippen molar-refractivity contribution in [3.05, 3.63) is 69.4 Å². The fourth-order valence-electron chi connectivity index (χ4n) is 4.70. The quantitative estimate of drug-likeness (QED) is 0.454. The fourth-order valence-corrected chi connectivity index (χ4v) is 4.70. The Bertz CT molecular complexity index is 1280. The lowest BCUT2D eigenvalue weighted by Gasteiger charge is -2.22. The first-order chi connectivity index (χ1) is 12.7. The molecule has 2 nitrogen and oxygen atoms in total. The van der Waals surface area contributed by atoms with Gasteiger partial charge in [0.15, 0.2) is 0 Å². The third-order valence-electron chi connectivity index (χ3n) is 5.67. The molecule has 6 rings (SSSR count). The number of hydrogen-bond donors (Lipinski definition) is 0. The van der Waals surface area contributed by atoms with Gasteiger partial charge in [-0.15, -0.1) is 0 Å². The highest BCUT2D eigenvalue weighted by molar-refractivity contribution is 6.08. The van der Waals surface area contributed by atoms with E-state index in [9.17, 15) is 0 Å². The van der Waals surface area contributed by atoms with E-state index in [0.717, 1.165) is 0 Å². The van der Waals surface area contributed by atoms with E-state index in [1.807, 2.05) is 0 Å². The van der Waals surface area contributed by atoms with Gasteiger partial charge >= 0.3 is 0 Å². The van der Waals surface area contributed by atoms with Gasteiger partial charge in [0.1, 0.15) is 0 Å². The second-order valence-corrected chi connectivity index (χ2v) is 7.34. The fraction of sp³-hybridized carbons (Fsp3) is 0.0833. The van der Waals surface area contributed by atoms with E-state index in [4.69, 9.17) is 0 Å². The minimum absolute atomic E-state index is 1.32. The minimum atomic E-state index is 1.32. The van der Waals surface area contributed by atoms with Crippen molar-refractivity contribution in [2.75, 3.05) is 14.1 Å². The van der Waals surface area contributed by atoms with Crippen LogP contribution in [-0.4, -0.2) is 23.9 Å². The topological polar surface area (TPSA) is 6.48 Å². The van der Waals surface area contributed by atoms with Crippen molar-refractivity contribution in [3.63, 3.8) is 0 Å². The highest BCUT2D eigenvalue weighted by Crippen LogP contribution is 2.17. The van der Waals surface area contributed by atoms with E-state index in [1.54, 1.807) is 0 Å². The monoisotopic (exact) mass is 334 g/mol. The number of nitrogens with zero attached hydrogens (tertiary/aromatic N) is 2. The summed E-state index contributed by atoms with van der Waals surface area (Å²) < 4.78 is 0. The Hall–Kier alpha value is -3.26. The predicted octanol–water partition coefficient (Wildman–Crippen LogP) is 1.99. The van der Waals surface area contributed by atoms with E-state index in [1.165, 1.54) is 53.2 Å². The minimum Gasteiger partial charge on any atom is -0.356 e. The molecule has 124 valence electrons. The summed E-state index contributed by atoms with van der Waals surface area (Å²) in [5.41, 5.74) is 0. The molecule has 0 N–H and O–H groups in total. The van der Waals surface area contributed by atoms with Gasteiger partial charge in [0, 0.05) is 70.5 Å². The molecule has 0 unspecified atom stereocenters. The molecule has 4 aromatic rings. The summed E-state index contributed by atoms with van der Waals surface area (Å²) in [6.07, 6.45) is 9.08. The van der Waals surface area contributed by atoms with Crippen LogP contribution in [0.2, 0.25) is 0 Å². The van der Waals surface area contributed by atoms with E-state index in [-0.39, 0.29) is 0 Å². The molecule has 0 aliphatic carbocycles. The molecule has 2 heterocycles. The molecule has 26 heavy (non-hydrogen) atoms. The summed E-state index contributed by atoms with van der Waals surface area (Å²) in [5.74, 6) is 0. The molecule has 0 bridgehead atoms. The van der Waals surface area contributed by atoms with Crippen LogP contribution in [-0.2, 0) is 0 Å². The molecule has 0 fully saturated rings. The molecule has 0 radical (unpaired) electrons. The summed E-state index contributed by atoms with van der Waals surface area (Å²) in [6, 6.07) is 17.6. The summed E-state index contributed by atoms with van der Waals surface area (Å²) in [5, 5.41) is 13.4. The zero-order chi connectivity index (χ0) is 17.4. The Balaban J connectivity index is 2.15. The van der Waals surface area contributed by atoms with Crippen LogP contribution >= 0.6 is 0 Å². The SMILES string of the molecule is CN1C=c2c3ccccc3c3c4c(c5ccccc5c(c24)=C1)=CN(C)C=3. The largest absolute Gasteiger partial charge is 0.356 e. The third-order valence-corrected chi connectivity index (χ3v) is 5.67. The summed E-state index contributed by atoms with van der Waals surface area (Å²) in [7, 11) is 4.25. The molecule has 0 aromatic heterocycles. The van der Waals surface area contributed by atoms with E-state index in [2.05, 4.69) is 97.2 Å². The van der Waals surface area contributed by atoms with Gasteiger partial charge < -0.3 is 9.80 Å². The predicted molar refractivity (Wildman–Crippen MR) is 111 cm³/mol. The van der Waals surface area contributed by atoms with E-state index >= 15 is 0 Å². The van der Waals surface area contributed by atoms with Crippen LogP contribution in [0.5, 0.6) is 0 Å². The summed E-state index contributed by atoms with van der Waals surface area (Å²) >= 11 is 0. The summed E-state index contributed by atoms with van der Waals surface area (Å²) in [4.78, 5) is 4.39. The second-order valence-electron chi connectivity index (χ2n) is 7.34. The Morgan fingerprint density at radius 2 is 0.731 bits per heavy atom. The maximum absolute atomic E-state index is 2.27. The van der Waals surface area contributed by atoms with Crippen LogP contribution in [0.3, 0.4) is 0 Å². The van der Waals surface area contributed by atoms with Gasteiger partial charge in [-0.3, -0.25) is 0 Å². The van der Waals surface area contributed by atoms with Crippen LogP contribution in [0.15, 0.2) is 48.5 Å². The molecule has 2 aliphatic heterocycles. The Kier molecular flexibility index (Phi) is 2.51. The lowest BCUT2D eigenvalue weighted by molar-refractivity contribution is 0.733. The second kappa shape index (κ2) is 4.67. The van der Waals surface area contributed by atoms with Crippen molar-refractivity contribution in [3.8, 4) is 0 Å². The van der Waals surface area contributed by atoms with E-state index in [0.29, 0.717) is 0 Å². The Morgan fingerprint density at radius 3 is 1.00 bits per heavy atom. The standard InChI is InChI=1S/C24H18N2/c1-25-11-19-15-7-3-5-9-17(15)21-13-26(2)14-22-18-10-6-4-8-16(18)20(12-25)23(19)24(21)22/h3-14H,1-2H3. The molecular formula is C24H18N2. The lowest BCUT2D eigenvalue weighted by Crippen LogP contribution is -2.35. The van der Waals surface area contributed by atoms with Crippen molar-refractivity contribution in [2.24, 2.45) is 0 Å². The zero-order valence-electron chi connectivity index (χ0n) is 14.8. The first-order valence-electron chi connectivity index (χ1n) is 8.99. The van der Waals surface area contributed by atoms with Crippen LogP contribution in [0.25, 0.3) is 57.1 Å². The van der Waals surface area contributed by atoms with Crippen LogP contribution in [0.1, 0.15) is 0 Å². The molecule has 0 spiro atoms. The zero-order valence-corrected chi connectivity index (χ0v) is 14.8. The van der Waals surface area contributed by atoms with Gasteiger partial charge in [0.05, 0.1) is 0 Å². The van der Waals surface area contributed by atoms with Gasteiger partial charge in [0.2, 0.25) is 0 Å². The average molecular weight is 334 g/mol. The van der Waals surface area contributed by atoms with Crippen LogP contribution in [0, 0.1) is 0 Å². The van der Waals surface area contributed by atoms with E-state index < -0.39 is 0 Å². The maximum atomic E-state index is 2.27. The van der Waals surface area contributed by atoms with Gasteiger partial charge in [-0.2, -0.15) is 0 Å². The smallest absolute Gasteiger partial charge is 0.0117 e. The van der Waals surface area contributed by atoms with Crippen molar-refractivity contribution >= 4 is 57.1 Å². The molecule has 0 amide bonds. The van der Waals surface area contributed by atoms with Crippen molar-refractivity contribution in [1.82, 2.24) is 9.80 Å². The van der Waals surface area contributed by atoms with Crippen molar-refractivity contribution in [2.45, 2.75) is 0 Å². The normalized spacial score (nSPS) is 14.8. The summed E-state index contributed by atoms with van der Waals surface area (Å²) in [6.45, 7) is 0. The maximum Gasteiger partial charge on any atom is 0.0117 e. The number of benzene rings is 4. The average Bonchev–Trinajstić information content (AvgIpc) is 2.67. The van der Waals surface area contributed by atoms with Gasteiger partial charge in [0.25, 0.3) is 0 Å². The first-order valence-corrected chi connectivity index (χ1v) is 8.99. The molecule has 0 saturated heterocycles. The van der Waals surface area contributed by atoms with Gasteiger partial charge in [-0.25, -0.2) is 0 Å². The van der Waals surface area contributed by atoms with Crippen LogP contribution in [0.4, 0.5) is 0 Å². The Morgan fingerprint density at radius 1 is 0.462 bits per heavy atom. The van der Waals surface area contributed by atoms with Gasteiger partial charge in [-0.05, 0) is 21.5 Å². The molecule has 2 heteroatoms. The Labute approximate surface area is 150 Å². The lowest BCUT2D eigenvalue weighted by atomic mass is 9.90. The number of hydrogen-bond acceptors (Lipinski definition) is 2. The molecule has 0 saturated carbocycles. The number of rotatable bonds is 0. The first kappa shape index (κ1) is 14.0. The van der Waals surface area contributed by atoms with Gasteiger partial charge in [-0.1, -0.05) is 48.5 Å². The molecule has 0 atom stereocenters. The van der Waals surface area contributed by atoms with Crippen molar-refractivity contribution in [1.29, 1.82) is 0 Å². The third kappa shape index (κ3) is 1.62. The number of fused-ring (bicyclic) bond motifs is 6. The van der Waals surface area contributed by atoms with Crippen LogP contribution < -0.4 is 20.9 Å². The van der Waals surface area contributed by atoms with Crippen molar-refractivity contribution < 1.29 is 0 Å².